The van der Waals surface area contributed by atoms with Gasteiger partial charge in [0.15, 0.2) is 10.3 Å². The van der Waals surface area contributed by atoms with Gasteiger partial charge in [-0.2, -0.15) is 0 Å². The van der Waals surface area contributed by atoms with Gasteiger partial charge in [-0.1, -0.05) is 29.5 Å². The summed E-state index contributed by atoms with van der Waals surface area (Å²) in [6.07, 6.45) is 0. The number of pyridine rings is 1. The third kappa shape index (κ3) is 3.49. The van der Waals surface area contributed by atoms with Gasteiger partial charge in [-0.3, -0.25) is 10.1 Å². The number of nitrogens with zero attached hydrogens (tertiary/aromatic N) is 3. The summed E-state index contributed by atoms with van der Waals surface area (Å²) in [5.41, 5.74) is 2.13. The molecule has 124 valence electrons. The van der Waals surface area contributed by atoms with Gasteiger partial charge in [0.1, 0.15) is 11.5 Å². The van der Waals surface area contributed by atoms with Crippen molar-refractivity contribution < 1.29 is 4.79 Å². The highest BCUT2D eigenvalue weighted by molar-refractivity contribution is 7.22. The van der Waals surface area contributed by atoms with Crippen LogP contribution in [-0.4, -0.2) is 20.9 Å². The average Bonchev–Trinajstić information content (AvgIpc) is 3.21. The van der Waals surface area contributed by atoms with E-state index in [0.29, 0.717) is 21.8 Å². The zero-order valence-corrected chi connectivity index (χ0v) is 14.8. The van der Waals surface area contributed by atoms with Gasteiger partial charge < -0.3 is 5.32 Å². The maximum atomic E-state index is 12.4. The quantitative estimate of drug-likeness (QED) is 0.557. The molecule has 6 nitrogen and oxygen atoms in total. The molecule has 0 aliphatic carbocycles. The van der Waals surface area contributed by atoms with Gasteiger partial charge in [-0.15, -0.1) is 11.3 Å². The number of amides is 1. The van der Waals surface area contributed by atoms with Gasteiger partial charge in [0.05, 0.1) is 10.2 Å². The number of para-hydroxylation sites is 1. The minimum Gasteiger partial charge on any atom is -0.316 e. The van der Waals surface area contributed by atoms with E-state index in [-0.39, 0.29) is 5.91 Å². The molecular formula is C17H13N5OS2. The van der Waals surface area contributed by atoms with Crippen molar-refractivity contribution in [2.45, 2.75) is 6.92 Å². The number of carbonyl (C=O) groups is 1. The second-order valence-electron chi connectivity index (χ2n) is 5.27. The lowest BCUT2D eigenvalue weighted by Gasteiger charge is -2.01. The van der Waals surface area contributed by atoms with E-state index in [2.05, 4.69) is 25.6 Å². The molecule has 0 aliphatic rings. The van der Waals surface area contributed by atoms with E-state index in [0.717, 1.165) is 15.9 Å². The van der Waals surface area contributed by atoms with Crippen LogP contribution in [-0.2, 0) is 0 Å². The molecule has 0 bridgehead atoms. The van der Waals surface area contributed by atoms with Crippen molar-refractivity contribution in [1.29, 1.82) is 0 Å². The van der Waals surface area contributed by atoms with Crippen LogP contribution in [0.5, 0.6) is 0 Å². The Hall–Kier alpha value is -2.84. The Kier molecular flexibility index (Phi) is 4.12. The Morgan fingerprint density at radius 1 is 1.00 bits per heavy atom. The number of thiazole rings is 2. The summed E-state index contributed by atoms with van der Waals surface area (Å²) in [6, 6.07) is 13.5. The minimum atomic E-state index is -0.277. The second kappa shape index (κ2) is 6.58. The monoisotopic (exact) mass is 367 g/mol. The first-order valence-electron chi connectivity index (χ1n) is 7.50. The fourth-order valence-electron chi connectivity index (χ4n) is 2.24. The van der Waals surface area contributed by atoms with Crippen molar-refractivity contribution in [3.8, 4) is 0 Å². The summed E-state index contributed by atoms with van der Waals surface area (Å²) in [5, 5.41) is 8.80. The summed E-state index contributed by atoms with van der Waals surface area (Å²) in [5.74, 6) is 0.424. The largest absolute Gasteiger partial charge is 0.316 e. The van der Waals surface area contributed by atoms with Crippen LogP contribution in [0.4, 0.5) is 16.1 Å². The van der Waals surface area contributed by atoms with Gasteiger partial charge in [0.2, 0.25) is 0 Å². The molecule has 4 rings (SSSR count). The van der Waals surface area contributed by atoms with E-state index < -0.39 is 0 Å². The first-order chi connectivity index (χ1) is 12.2. The standard InChI is InChI=1S/C17H13N5OS2/c1-10-5-4-8-14(18-10)21-16-20-12(9-24-16)15(23)22-17-19-11-6-2-3-7-13(11)25-17/h2-9H,1H3,(H,18,20,21)(H,19,22,23). The predicted octanol–water partition coefficient (Wildman–Crippen LogP) is 4.45. The topological polar surface area (TPSA) is 79.8 Å². The Balaban J connectivity index is 1.48. The van der Waals surface area contributed by atoms with Crippen LogP contribution in [0.15, 0.2) is 47.8 Å². The number of aromatic nitrogens is 3. The van der Waals surface area contributed by atoms with E-state index >= 15 is 0 Å². The zero-order valence-electron chi connectivity index (χ0n) is 13.2. The molecule has 2 N–H and O–H groups in total. The normalized spacial score (nSPS) is 10.8. The fraction of sp³-hybridized carbons (Fsp3) is 0.0588. The molecule has 0 aliphatic heterocycles. The van der Waals surface area contributed by atoms with Crippen molar-refractivity contribution in [1.82, 2.24) is 15.0 Å². The van der Waals surface area contributed by atoms with Gasteiger partial charge >= 0.3 is 0 Å². The summed E-state index contributed by atoms with van der Waals surface area (Å²) >= 11 is 2.79. The van der Waals surface area contributed by atoms with Crippen LogP contribution in [0.1, 0.15) is 16.2 Å². The fourth-order valence-corrected chi connectivity index (χ4v) is 3.80. The summed E-state index contributed by atoms with van der Waals surface area (Å²) < 4.78 is 1.03. The number of benzene rings is 1. The Morgan fingerprint density at radius 2 is 1.88 bits per heavy atom. The molecule has 0 atom stereocenters. The highest BCUT2D eigenvalue weighted by Crippen LogP contribution is 2.26. The van der Waals surface area contributed by atoms with Gasteiger partial charge in [0.25, 0.3) is 5.91 Å². The maximum Gasteiger partial charge on any atom is 0.276 e. The summed E-state index contributed by atoms with van der Waals surface area (Å²) in [6.45, 7) is 1.92. The third-order valence-corrected chi connectivity index (χ3v) is 5.08. The molecule has 1 amide bonds. The van der Waals surface area contributed by atoms with Gasteiger partial charge in [-0.25, -0.2) is 15.0 Å². The van der Waals surface area contributed by atoms with E-state index in [4.69, 9.17) is 0 Å². The van der Waals surface area contributed by atoms with Crippen molar-refractivity contribution >= 4 is 54.9 Å². The second-order valence-corrected chi connectivity index (χ2v) is 7.16. The predicted molar refractivity (Wildman–Crippen MR) is 102 cm³/mol. The smallest absolute Gasteiger partial charge is 0.276 e. The van der Waals surface area contributed by atoms with Crippen LogP contribution in [0.25, 0.3) is 10.2 Å². The number of anilines is 3. The minimum absolute atomic E-state index is 0.277. The maximum absolute atomic E-state index is 12.4. The van der Waals surface area contributed by atoms with E-state index in [1.807, 2.05) is 49.4 Å². The van der Waals surface area contributed by atoms with Crippen LogP contribution in [0.3, 0.4) is 0 Å². The Morgan fingerprint density at radius 3 is 2.72 bits per heavy atom. The number of hydrogen-bond donors (Lipinski definition) is 2. The van der Waals surface area contributed by atoms with E-state index in [1.54, 1.807) is 5.38 Å². The molecule has 1 aromatic carbocycles. The molecule has 25 heavy (non-hydrogen) atoms. The molecule has 8 heteroatoms. The SMILES string of the molecule is Cc1cccc(Nc2nc(C(=O)Nc3nc4ccccc4s3)cs2)n1. The summed E-state index contributed by atoms with van der Waals surface area (Å²) in [7, 11) is 0. The van der Waals surface area contributed by atoms with Crippen molar-refractivity contribution in [2.24, 2.45) is 0 Å². The number of carbonyl (C=O) groups excluding carboxylic acids is 1. The molecule has 4 aromatic rings. The zero-order chi connectivity index (χ0) is 17.2. The van der Waals surface area contributed by atoms with Gasteiger partial charge in [-0.05, 0) is 31.2 Å². The molecule has 0 saturated carbocycles. The Labute approximate surface area is 151 Å². The molecule has 0 unspecified atom stereocenters. The molecule has 0 saturated heterocycles. The Bertz CT molecular complexity index is 1020. The lowest BCUT2D eigenvalue weighted by atomic mass is 10.3. The molecule has 3 heterocycles. The lowest BCUT2D eigenvalue weighted by Crippen LogP contribution is -2.12. The molecule has 0 fully saturated rings. The average molecular weight is 367 g/mol. The van der Waals surface area contributed by atoms with E-state index in [9.17, 15) is 4.79 Å². The van der Waals surface area contributed by atoms with Gasteiger partial charge in [0, 0.05) is 11.1 Å². The van der Waals surface area contributed by atoms with Crippen molar-refractivity contribution in [3.63, 3.8) is 0 Å². The summed E-state index contributed by atoms with van der Waals surface area (Å²) in [4.78, 5) is 25.4. The highest BCUT2D eigenvalue weighted by Gasteiger charge is 2.13. The number of fused-ring (bicyclic) bond motifs is 1. The number of aryl methyl sites for hydroxylation is 1. The highest BCUT2D eigenvalue weighted by atomic mass is 32.1. The van der Waals surface area contributed by atoms with Crippen molar-refractivity contribution in [2.75, 3.05) is 10.6 Å². The van der Waals surface area contributed by atoms with Crippen LogP contribution < -0.4 is 10.6 Å². The van der Waals surface area contributed by atoms with Crippen LogP contribution in [0.2, 0.25) is 0 Å². The molecule has 3 aromatic heterocycles. The molecular weight excluding hydrogens is 354 g/mol. The molecule has 0 spiro atoms. The first-order valence-corrected chi connectivity index (χ1v) is 9.20. The van der Waals surface area contributed by atoms with Crippen LogP contribution in [0, 0.1) is 6.92 Å². The lowest BCUT2D eigenvalue weighted by molar-refractivity contribution is 0.102. The third-order valence-electron chi connectivity index (χ3n) is 3.37. The van der Waals surface area contributed by atoms with Crippen molar-refractivity contribution in [3.05, 3.63) is 59.2 Å². The van der Waals surface area contributed by atoms with Crippen LogP contribution >= 0.6 is 22.7 Å². The number of nitrogens with one attached hydrogen (secondary N) is 2. The first kappa shape index (κ1) is 15.7. The number of rotatable bonds is 4. The van der Waals surface area contributed by atoms with E-state index in [1.165, 1.54) is 22.7 Å². The molecule has 0 radical (unpaired) electrons. The number of hydrogen-bond acceptors (Lipinski definition) is 7.